The van der Waals surface area contributed by atoms with Gasteiger partial charge in [-0.15, -0.1) is 11.3 Å². The molecule has 110 valence electrons. The van der Waals surface area contributed by atoms with E-state index in [1.165, 1.54) is 22.9 Å². The number of para-hydroxylation sites is 1. The highest BCUT2D eigenvalue weighted by Crippen LogP contribution is 2.48. The largest absolute Gasteiger partial charge is 0.389 e. The lowest BCUT2D eigenvalue weighted by Crippen LogP contribution is -1.99. The van der Waals surface area contributed by atoms with Crippen LogP contribution >= 0.6 is 52.6 Å². The minimum absolute atomic E-state index is 0.0506. The van der Waals surface area contributed by atoms with E-state index in [2.05, 4.69) is 23.2 Å². The lowest BCUT2D eigenvalue weighted by atomic mass is 10.3. The van der Waals surface area contributed by atoms with Crippen LogP contribution in [0.25, 0.3) is 10.2 Å². The van der Waals surface area contributed by atoms with Crippen LogP contribution in [0.1, 0.15) is 6.42 Å². The first kappa shape index (κ1) is 17.0. The number of aromatic nitrogens is 1. The van der Waals surface area contributed by atoms with Gasteiger partial charge < -0.3 is 4.74 Å². The van der Waals surface area contributed by atoms with Crippen molar-refractivity contribution in [1.29, 1.82) is 0 Å². The van der Waals surface area contributed by atoms with Crippen molar-refractivity contribution in [3.8, 4) is 0 Å². The molecule has 8 heteroatoms. The summed E-state index contributed by atoms with van der Waals surface area (Å²) in [6.07, 6.45) is 2.36. The zero-order chi connectivity index (χ0) is 14.0. The third kappa shape index (κ3) is 6.21. The second kappa shape index (κ2) is 10.4. The molecule has 20 heavy (non-hydrogen) atoms. The maximum absolute atomic E-state index is 5.10. The van der Waals surface area contributed by atoms with E-state index in [0.29, 0.717) is 0 Å². The zero-order valence-electron chi connectivity index (χ0n) is 11.2. The standard InChI is InChI=1S/C12H17NOS5Si/c1-14-9-20-8-4-7-15-18-19-17-12-13-10-5-2-3-6-11(10)16-12/h2-3,5-6H,4,7-9,20H2,1H3. The van der Waals surface area contributed by atoms with E-state index in [1.54, 1.807) is 29.2 Å². The van der Waals surface area contributed by atoms with Gasteiger partial charge >= 0.3 is 0 Å². The van der Waals surface area contributed by atoms with E-state index in [-0.39, 0.29) is 9.52 Å². The number of fused-ring (bicyclic) bond motifs is 1. The molecule has 0 aliphatic carbocycles. The summed E-state index contributed by atoms with van der Waals surface area (Å²) in [5, 5.41) is 0. The van der Waals surface area contributed by atoms with Gasteiger partial charge in [0.15, 0.2) is 4.34 Å². The van der Waals surface area contributed by atoms with Gasteiger partial charge in [0.1, 0.15) is 0 Å². The molecular formula is C12H17NOS5Si. The normalized spacial score (nSPS) is 11.8. The van der Waals surface area contributed by atoms with Crippen molar-refractivity contribution >= 4 is 72.3 Å². The van der Waals surface area contributed by atoms with Gasteiger partial charge in [-0.3, -0.25) is 0 Å². The molecule has 0 bridgehead atoms. The van der Waals surface area contributed by atoms with E-state index in [4.69, 9.17) is 4.74 Å². The summed E-state index contributed by atoms with van der Waals surface area (Å²) < 4.78 is 7.52. The fourth-order valence-electron chi connectivity index (χ4n) is 1.57. The number of ether oxygens (including phenoxy) is 1. The monoisotopic (exact) mass is 379 g/mol. The highest BCUT2D eigenvalue weighted by molar-refractivity contribution is 9.26. The molecule has 0 radical (unpaired) electrons. The Kier molecular flexibility index (Phi) is 8.88. The molecule has 1 aromatic carbocycles. The van der Waals surface area contributed by atoms with Crippen LogP contribution in [0.4, 0.5) is 0 Å². The van der Waals surface area contributed by atoms with E-state index in [9.17, 15) is 0 Å². The van der Waals surface area contributed by atoms with Crippen LogP contribution in [0.3, 0.4) is 0 Å². The number of nitrogens with zero attached hydrogens (tertiary/aromatic N) is 1. The van der Waals surface area contributed by atoms with Gasteiger partial charge in [0.2, 0.25) is 0 Å². The third-order valence-corrected chi connectivity index (χ3v) is 11.9. The van der Waals surface area contributed by atoms with E-state index >= 15 is 0 Å². The number of methoxy groups -OCH3 is 1. The highest BCUT2D eigenvalue weighted by Gasteiger charge is 2.04. The van der Waals surface area contributed by atoms with E-state index in [0.717, 1.165) is 16.1 Å². The molecule has 0 unspecified atom stereocenters. The number of hydrogen-bond acceptors (Lipinski definition) is 7. The summed E-state index contributed by atoms with van der Waals surface area (Å²) in [6.45, 7) is 0. The Balaban J connectivity index is 1.55. The van der Waals surface area contributed by atoms with Crippen LogP contribution in [0.2, 0.25) is 6.04 Å². The first-order valence-electron chi connectivity index (χ1n) is 6.37. The molecule has 2 aromatic rings. The Bertz CT molecular complexity index is 476. The molecule has 0 aliphatic rings. The first-order chi connectivity index (χ1) is 9.90. The molecule has 0 amide bonds. The van der Waals surface area contributed by atoms with Crippen LogP contribution in [-0.4, -0.2) is 33.6 Å². The van der Waals surface area contributed by atoms with Gasteiger partial charge in [0.25, 0.3) is 0 Å². The number of benzene rings is 1. The van der Waals surface area contributed by atoms with Crippen LogP contribution in [0, 0.1) is 0 Å². The maximum atomic E-state index is 5.10. The summed E-state index contributed by atoms with van der Waals surface area (Å²) in [7, 11) is 9.27. The van der Waals surface area contributed by atoms with Crippen LogP contribution in [-0.2, 0) is 4.74 Å². The van der Waals surface area contributed by atoms with Crippen molar-refractivity contribution in [3.63, 3.8) is 0 Å². The Hall–Kier alpha value is 0.687. The number of rotatable bonds is 10. The molecule has 0 fully saturated rings. The van der Waals surface area contributed by atoms with Crippen molar-refractivity contribution in [2.75, 3.05) is 19.1 Å². The minimum Gasteiger partial charge on any atom is -0.389 e. The summed E-state index contributed by atoms with van der Waals surface area (Å²) in [4.78, 5) is 4.61. The molecule has 2 nitrogen and oxygen atoms in total. The molecule has 0 saturated carbocycles. The Labute approximate surface area is 141 Å². The van der Waals surface area contributed by atoms with Gasteiger partial charge in [-0.1, -0.05) is 29.0 Å². The topological polar surface area (TPSA) is 22.1 Å². The first-order valence-corrected chi connectivity index (χ1v) is 14.2. The lowest BCUT2D eigenvalue weighted by Gasteiger charge is -1.99. The quantitative estimate of drug-likeness (QED) is 0.330. The van der Waals surface area contributed by atoms with Crippen molar-refractivity contribution in [2.45, 2.75) is 16.8 Å². The van der Waals surface area contributed by atoms with Gasteiger partial charge in [0.05, 0.1) is 19.7 Å². The van der Waals surface area contributed by atoms with Crippen molar-refractivity contribution < 1.29 is 4.74 Å². The number of hydrogen-bond donors (Lipinski definition) is 0. The van der Waals surface area contributed by atoms with Crippen molar-refractivity contribution in [3.05, 3.63) is 24.3 Å². The molecule has 0 spiro atoms. The van der Waals surface area contributed by atoms with E-state index < -0.39 is 0 Å². The predicted octanol–water partition coefficient (Wildman–Crippen LogP) is 4.91. The second-order valence-corrected chi connectivity index (χ2v) is 13.1. The summed E-state index contributed by atoms with van der Waals surface area (Å²) in [5.74, 6) is 1.24. The minimum atomic E-state index is 0.0506. The fourth-order valence-corrected chi connectivity index (χ4v) is 10.4. The SMILES string of the molecule is COC[SiH2]CCCSSSSc1nc2ccccc2s1. The van der Waals surface area contributed by atoms with Crippen LogP contribution in [0.15, 0.2) is 28.6 Å². The van der Waals surface area contributed by atoms with Crippen molar-refractivity contribution in [1.82, 2.24) is 4.98 Å². The smallest absolute Gasteiger partial charge is 0.162 e. The second-order valence-electron chi connectivity index (χ2n) is 4.04. The van der Waals surface area contributed by atoms with Crippen LogP contribution < -0.4 is 0 Å². The molecular weight excluding hydrogens is 363 g/mol. The lowest BCUT2D eigenvalue weighted by molar-refractivity contribution is 0.251. The average molecular weight is 380 g/mol. The molecule has 1 aromatic heterocycles. The molecule has 0 N–H and O–H groups in total. The Morgan fingerprint density at radius 2 is 2.20 bits per heavy atom. The number of thiazole rings is 1. The fraction of sp³-hybridized carbons (Fsp3) is 0.417. The van der Waals surface area contributed by atoms with Gasteiger partial charge in [-0.05, 0) is 49.0 Å². The molecule has 0 aliphatic heterocycles. The Morgan fingerprint density at radius 3 is 3.05 bits per heavy atom. The molecule has 0 saturated heterocycles. The zero-order valence-corrected chi connectivity index (χ0v) is 16.7. The highest BCUT2D eigenvalue weighted by atomic mass is 33.7. The average Bonchev–Trinajstić information content (AvgIpc) is 2.88. The maximum Gasteiger partial charge on any atom is 0.162 e. The van der Waals surface area contributed by atoms with Crippen LogP contribution in [0.5, 0.6) is 0 Å². The molecule has 1 heterocycles. The third-order valence-electron chi connectivity index (χ3n) is 2.53. The summed E-state index contributed by atoms with van der Waals surface area (Å²) in [6, 6.07) is 9.72. The van der Waals surface area contributed by atoms with Gasteiger partial charge in [-0.2, -0.15) is 0 Å². The predicted molar refractivity (Wildman–Crippen MR) is 103 cm³/mol. The van der Waals surface area contributed by atoms with Crippen molar-refractivity contribution in [2.24, 2.45) is 0 Å². The van der Waals surface area contributed by atoms with Gasteiger partial charge in [-0.25, -0.2) is 4.98 Å². The summed E-state index contributed by atoms with van der Waals surface area (Å²) in [5.41, 5.74) is 1.11. The Morgan fingerprint density at radius 1 is 1.30 bits per heavy atom. The molecule has 2 rings (SSSR count). The summed E-state index contributed by atoms with van der Waals surface area (Å²) >= 11 is 1.77. The van der Waals surface area contributed by atoms with Gasteiger partial charge in [0, 0.05) is 19.1 Å². The van der Waals surface area contributed by atoms with E-state index in [1.807, 2.05) is 36.5 Å². The molecule has 0 atom stereocenters.